The van der Waals surface area contributed by atoms with Gasteiger partial charge in [-0.15, -0.1) is 0 Å². The molecular weight excluding hydrogens is 444 g/mol. The predicted molar refractivity (Wildman–Crippen MR) is 145 cm³/mol. The average Bonchev–Trinajstić information content (AvgIpc) is 3.72. The van der Waals surface area contributed by atoms with Crippen LogP contribution in [-0.2, 0) is 5.41 Å². The van der Waals surface area contributed by atoms with Crippen molar-refractivity contribution in [2.75, 3.05) is 33.8 Å². The fraction of sp³-hybridized carbons (Fsp3) is 0.469. The zero-order chi connectivity index (χ0) is 24.8. The zero-order valence-corrected chi connectivity index (χ0v) is 21.7. The Bertz CT molecular complexity index is 1270. The highest BCUT2D eigenvalue weighted by molar-refractivity contribution is 5.98. The van der Waals surface area contributed by atoms with Crippen LogP contribution in [0.25, 0.3) is 10.8 Å². The van der Waals surface area contributed by atoms with Crippen molar-refractivity contribution in [1.82, 2.24) is 5.32 Å². The summed E-state index contributed by atoms with van der Waals surface area (Å²) in [6.07, 6.45) is 7.24. The minimum absolute atomic E-state index is 0.0511. The van der Waals surface area contributed by atoms with Gasteiger partial charge in [0.1, 0.15) is 5.75 Å². The number of hydrogen-bond acceptors (Lipinski definition) is 2. The number of benzene rings is 3. The van der Waals surface area contributed by atoms with Crippen molar-refractivity contribution in [2.24, 2.45) is 11.8 Å². The average molecular weight is 484 g/mol. The minimum Gasteiger partial charge on any atom is -0.497 e. The third-order valence-electron chi connectivity index (χ3n) is 9.40. The maximum atomic E-state index is 13.4. The van der Waals surface area contributed by atoms with Crippen LogP contribution in [0.1, 0.15) is 54.4 Å². The van der Waals surface area contributed by atoms with Gasteiger partial charge in [-0.3, -0.25) is 4.79 Å². The number of hydrogen-bond donors (Lipinski definition) is 1. The number of carbonyl (C=O) groups excluding carboxylic acids is 1. The van der Waals surface area contributed by atoms with E-state index in [9.17, 15) is 4.79 Å². The van der Waals surface area contributed by atoms with Gasteiger partial charge in [-0.1, -0.05) is 42.5 Å². The molecule has 4 heteroatoms. The first-order chi connectivity index (χ1) is 17.5. The summed E-state index contributed by atoms with van der Waals surface area (Å²) >= 11 is 0. The van der Waals surface area contributed by atoms with E-state index in [1.807, 2.05) is 30.3 Å². The number of carbonyl (C=O) groups is 1. The van der Waals surface area contributed by atoms with Crippen molar-refractivity contribution in [3.05, 3.63) is 77.9 Å². The van der Waals surface area contributed by atoms with Gasteiger partial charge in [0.15, 0.2) is 0 Å². The van der Waals surface area contributed by atoms with Gasteiger partial charge in [0.05, 0.1) is 33.8 Å². The summed E-state index contributed by atoms with van der Waals surface area (Å²) in [5.74, 6) is 2.56. The number of nitrogens with one attached hydrogen (secondary N) is 1. The molecule has 1 amide bonds. The maximum absolute atomic E-state index is 13.4. The highest BCUT2D eigenvalue weighted by Crippen LogP contribution is 2.51. The molecule has 6 rings (SSSR count). The van der Waals surface area contributed by atoms with E-state index in [0.717, 1.165) is 35.5 Å². The molecule has 0 aromatic heterocycles. The van der Waals surface area contributed by atoms with Crippen LogP contribution >= 0.6 is 0 Å². The quantitative estimate of drug-likeness (QED) is 0.440. The molecule has 0 radical (unpaired) electrons. The Labute approximate surface area is 215 Å². The Morgan fingerprint density at radius 3 is 2.64 bits per heavy atom. The van der Waals surface area contributed by atoms with E-state index >= 15 is 0 Å². The van der Waals surface area contributed by atoms with E-state index in [1.165, 1.54) is 60.8 Å². The second-order valence-corrected chi connectivity index (χ2v) is 12.0. The number of amides is 1. The van der Waals surface area contributed by atoms with Crippen molar-refractivity contribution in [1.29, 1.82) is 0 Å². The van der Waals surface area contributed by atoms with Gasteiger partial charge in [0, 0.05) is 35.3 Å². The molecule has 36 heavy (non-hydrogen) atoms. The predicted octanol–water partition coefficient (Wildman–Crippen LogP) is 5.95. The maximum Gasteiger partial charge on any atom is 0.251 e. The molecule has 1 saturated heterocycles. The number of rotatable bonds is 6. The van der Waals surface area contributed by atoms with Gasteiger partial charge in [0.25, 0.3) is 5.91 Å². The molecular formula is C32H39N2O2+. The molecule has 4 nitrogen and oxygen atoms in total. The summed E-state index contributed by atoms with van der Waals surface area (Å²) in [6, 6.07) is 23.2. The lowest BCUT2D eigenvalue weighted by atomic mass is 9.57. The molecule has 1 N–H and O–H groups in total. The number of likely N-dealkylation sites (tertiary alicyclic amines) is 1. The number of methoxy groups -OCH3 is 1. The lowest BCUT2D eigenvalue weighted by Gasteiger charge is -2.55. The van der Waals surface area contributed by atoms with Crippen LogP contribution in [0.5, 0.6) is 5.75 Å². The molecule has 2 saturated carbocycles. The second kappa shape index (κ2) is 9.23. The van der Waals surface area contributed by atoms with Crippen LogP contribution in [0.3, 0.4) is 0 Å². The highest BCUT2D eigenvalue weighted by atomic mass is 16.5. The third kappa shape index (κ3) is 4.52. The molecule has 188 valence electrons. The fourth-order valence-corrected chi connectivity index (χ4v) is 7.29. The van der Waals surface area contributed by atoms with Crippen molar-refractivity contribution >= 4 is 16.7 Å². The van der Waals surface area contributed by atoms with Crippen LogP contribution in [0.4, 0.5) is 0 Å². The topological polar surface area (TPSA) is 38.3 Å². The Morgan fingerprint density at radius 1 is 1.00 bits per heavy atom. The highest BCUT2D eigenvalue weighted by Gasteiger charge is 2.53. The molecule has 3 fully saturated rings. The van der Waals surface area contributed by atoms with Gasteiger partial charge in [-0.2, -0.15) is 0 Å². The van der Waals surface area contributed by atoms with E-state index in [2.05, 4.69) is 48.8 Å². The standard InChI is InChI=1S/C32H38N2O2/c1-34(21-23-10-11-23)17-16-32(27-8-5-9-30(19-27)36-2)20-29(15-14-28(32)22-34)33-31(35)26-13-12-24-6-3-4-7-25(24)18-26/h3-9,12-13,18-19,23,28-29H,10-11,14-17,20-22H2,1-2H3/p+1/t28?,29-,32-,34+/m0/s1. The van der Waals surface area contributed by atoms with Crippen LogP contribution in [0.2, 0.25) is 0 Å². The number of nitrogens with zero attached hydrogens (tertiary/aromatic N) is 1. The fourth-order valence-electron chi connectivity index (χ4n) is 7.29. The first kappa shape index (κ1) is 23.5. The number of quaternary nitrogens is 1. The number of piperidine rings is 1. The number of fused-ring (bicyclic) bond motifs is 2. The van der Waals surface area contributed by atoms with E-state index in [4.69, 9.17) is 4.74 Å². The molecule has 1 unspecified atom stereocenters. The van der Waals surface area contributed by atoms with Crippen LogP contribution in [-0.4, -0.2) is 50.2 Å². The van der Waals surface area contributed by atoms with Gasteiger partial charge < -0.3 is 14.5 Å². The molecule has 3 aromatic carbocycles. The normalized spacial score (nSPS) is 29.9. The lowest BCUT2D eigenvalue weighted by molar-refractivity contribution is -0.921. The Hall–Kier alpha value is -2.85. The summed E-state index contributed by atoms with van der Waals surface area (Å²) in [5, 5.41) is 5.72. The summed E-state index contributed by atoms with van der Waals surface area (Å²) in [6.45, 7) is 3.81. The summed E-state index contributed by atoms with van der Waals surface area (Å²) in [7, 11) is 4.24. The molecule has 1 aliphatic heterocycles. The molecule has 3 aliphatic rings. The van der Waals surface area contributed by atoms with Crippen molar-refractivity contribution < 1.29 is 14.0 Å². The molecule has 3 aromatic rings. The van der Waals surface area contributed by atoms with Crippen molar-refractivity contribution in [3.63, 3.8) is 0 Å². The first-order valence-corrected chi connectivity index (χ1v) is 13.7. The third-order valence-corrected chi connectivity index (χ3v) is 9.40. The van der Waals surface area contributed by atoms with E-state index < -0.39 is 0 Å². The Morgan fingerprint density at radius 2 is 1.83 bits per heavy atom. The van der Waals surface area contributed by atoms with E-state index in [1.54, 1.807) is 7.11 Å². The Balaban J connectivity index is 1.26. The molecule has 2 aliphatic carbocycles. The van der Waals surface area contributed by atoms with Crippen LogP contribution in [0.15, 0.2) is 66.7 Å². The van der Waals surface area contributed by atoms with Gasteiger partial charge >= 0.3 is 0 Å². The molecule has 0 spiro atoms. The van der Waals surface area contributed by atoms with Gasteiger partial charge in [-0.25, -0.2) is 0 Å². The minimum atomic E-state index is 0.0511. The summed E-state index contributed by atoms with van der Waals surface area (Å²) < 4.78 is 6.85. The monoisotopic (exact) mass is 483 g/mol. The largest absolute Gasteiger partial charge is 0.497 e. The summed E-state index contributed by atoms with van der Waals surface area (Å²) in [5.41, 5.74) is 2.24. The Kier molecular flexibility index (Phi) is 6.03. The van der Waals surface area contributed by atoms with Crippen LogP contribution < -0.4 is 10.1 Å². The van der Waals surface area contributed by atoms with Crippen molar-refractivity contribution in [2.45, 2.75) is 50.0 Å². The van der Waals surface area contributed by atoms with Crippen LogP contribution in [0, 0.1) is 11.8 Å². The molecule has 4 atom stereocenters. The zero-order valence-electron chi connectivity index (χ0n) is 21.7. The van der Waals surface area contributed by atoms with E-state index in [-0.39, 0.29) is 17.4 Å². The smallest absolute Gasteiger partial charge is 0.251 e. The first-order valence-electron chi connectivity index (χ1n) is 13.7. The lowest BCUT2D eigenvalue weighted by Crippen LogP contribution is -2.62. The van der Waals surface area contributed by atoms with Crippen molar-refractivity contribution in [3.8, 4) is 5.75 Å². The summed E-state index contributed by atoms with van der Waals surface area (Å²) in [4.78, 5) is 13.4. The molecule has 1 heterocycles. The van der Waals surface area contributed by atoms with E-state index in [0.29, 0.717) is 5.92 Å². The van der Waals surface area contributed by atoms with Gasteiger partial charge in [0.2, 0.25) is 0 Å². The van der Waals surface area contributed by atoms with Gasteiger partial charge in [-0.05, 0) is 72.7 Å². The number of ether oxygens (including phenoxy) is 1. The second-order valence-electron chi connectivity index (χ2n) is 12.0. The SMILES string of the molecule is COc1cccc([C@@]23CC[N@+](C)(CC4CC4)CC2CC[C@H](NC(=O)c2ccc4ccccc4c2)C3)c1. The molecule has 0 bridgehead atoms.